The van der Waals surface area contributed by atoms with E-state index in [-0.39, 0.29) is 29.9 Å². The molecule has 3 N–H and O–H groups in total. The predicted molar refractivity (Wildman–Crippen MR) is 106 cm³/mol. The van der Waals surface area contributed by atoms with Gasteiger partial charge in [0.1, 0.15) is 0 Å². The summed E-state index contributed by atoms with van der Waals surface area (Å²) in [4.78, 5) is 18.3. The zero-order chi connectivity index (χ0) is 15.8. The molecule has 0 saturated carbocycles. The number of benzene rings is 1. The average Bonchev–Trinajstić information content (AvgIpc) is 2.54. The molecule has 23 heavy (non-hydrogen) atoms. The Morgan fingerprint density at radius 3 is 2.74 bits per heavy atom. The summed E-state index contributed by atoms with van der Waals surface area (Å²) in [5.74, 6) is 0.677. The summed E-state index contributed by atoms with van der Waals surface area (Å²) in [6.45, 7) is 4.54. The molecule has 0 radical (unpaired) electrons. The van der Waals surface area contributed by atoms with E-state index in [4.69, 9.17) is 5.73 Å². The van der Waals surface area contributed by atoms with Gasteiger partial charge in [-0.25, -0.2) is 4.99 Å². The van der Waals surface area contributed by atoms with Crippen molar-refractivity contribution in [3.05, 3.63) is 29.8 Å². The Kier molecular flexibility index (Phi) is 8.98. The van der Waals surface area contributed by atoms with Gasteiger partial charge in [-0.15, -0.1) is 24.0 Å². The number of halogens is 1. The minimum atomic E-state index is 0. The van der Waals surface area contributed by atoms with Crippen LogP contribution in [0.1, 0.15) is 44.6 Å². The number of piperidine rings is 1. The lowest BCUT2D eigenvalue weighted by Crippen LogP contribution is -2.40. The van der Waals surface area contributed by atoms with Crippen molar-refractivity contribution in [3.63, 3.8) is 0 Å². The second-order valence-corrected chi connectivity index (χ2v) is 5.72. The minimum Gasteiger partial charge on any atom is -0.370 e. The predicted octanol–water partition coefficient (Wildman–Crippen LogP) is 3.34. The van der Waals surface area contributed by atoms with Gasteiger partial charge < -0.3 is 16.0 Å². The highest BCUT2D eigenvalue weighted by Gasteiger charge is 2.11. The van der Waals surface area contributed by atoms with E-state index < -0.39 is 0 Å². The highest BCUT2D eigenvalue weighted by Crippen LogP contribution is 2.13. The van der Waals surface area contributed by atoms with Crippen molar-refractivity contribution in [1.82, 2.24) is 4.90 Å². The van der Waals surface area contributed by atoms with Gasteiger partial charge in [0.05, 0.1) is 6.54 Å². The van der Waals surface area contributed by atoms with Gasteiger partial charge in [0.15, 0.2) is 5.96 Å². The summed E-state index contributed by atoms with van der Waals surface area (Å²) < 4.78 is 0. The van der Waals surface area contributed by atoms with Gasteiger partial charge in [-0.1, -0.05) is 19.1 Å². The molecule has 0 aliphatic carbocycles. The third-order valence-corrected chi connectivity index (χ3v) is 3.79. The molecule has 1 aromatic carbocycles. The number of hydrogen-bond acceptors (Lipinski definition) is 2. The highest BCUT2D eigenvalue weighted by molar-refractivity contribution is 14.0. The fourth-order valence-electron chi connectivity index (χ4n) is 2.59. The monoisotopic (exact) mass is 430 g/mol. The minimum absolute atomic E-state index is 0. The maximum atomic E-state index is 11.6. The summed E-state index contributed by atoms with van der Waals surface area (Å²) in [7, 11) is 0. The lowest BCUT2D eigenvalue weighted by molar-refractivity contribution is -0.116. The second-order valence-electron chi connectivity index (χ2n) is 5.72. The number of likely N-dealkylation sites (tertiary alicyclic amines) is 1. The van der Waals surface area contributed by atoms with Crippen LogP contribution in [0.25, 0.3) is 0 Å². The van der Waals surface area contributed by atoms with Gasteiger partial charge >= 0.3 is 0 Å². The first-order chi connectivity index (χ1) is 10.7. The quantitative estimate of drug-likeness (QED) is 0.428. The molecule has 1 aromatic rings. The van der Waals surface area contributed by atoms with E-state index in [0.717, 1.165) is 30.8 Å². The van der Waals surface area contributed by atoms with Crippen molar-refractivity contribution in [2.45, 2.75) is 45.6 Å². The fraction of sp³-hybridized carbons (Fsp3) is 0.529. The Morgan fingerprint density at radius 2 is 2.04 bits per heavy atom. The van der Waals surface area contributed by atoms with Crippen molar-refractivity contribution in [2.75, 3.05) is 18.4 Å². The molecular formula is C17H27IN4O. The van der Waals surface area contributed by atoms with E-state index in [9.17, 15) is 4.79 Å². The van der Waals surface area contributed by atoms with Gasteiger partial charge in [0.2, 0.25) is 5.91 Å². The number of guanidine groups is 1. The summed E-state index contributed by atoms with van der Waals surface area (Å²) in [5.41, 5.74) is 7.93. The van der Waals surface area contributed by atoms with Crippen LogP contribution in [0.5, 0.6) is 0 Å². The molecule has 1 amide bonds. The number of amides is 1. The van der Waals surface area contributed by atoms with E-state index in [2.05, 4.69) is 15.2 Å². The molecule has 0 unspecified atom stereocenters. The molecule has 2 rings (SSSR count). The average molecular weight is 430 g/mol. The van der Waals surface area contributed by atoms with E-state index in [0.29, 0.717) is 18.9 Å². The summed E-state index contributed by atoms with van der Waals surface area (Å²) in [5, 5.41) is 2.91. The van der Waals surface area contributed by atoms with Gasteiger partial charge in [-0.05, 0) is 43.4 Å². The Morgan fingerprint density at radius 1 is 1.30 bits per heavy atom. The summed E-state index contributed by atoms with van der Waals surface area (Å²) in [6.07, 6.45) is 5.06. The molecule has 6 heteroatoms. The summed E-state index contributed by atoms with van der Waals surface area (Å²) >= 11 is 0. The van der Waals surface area contributed by atoms with Gasteiger partial charge in [-0.2, -0.15) is 0 Å². The van der Waals surface area contributed by atoms with Crippen LogP contribution >= 0.6 is 24.0 Å². The van der Waals surface area contributed by atoms with Crippen molar-refractivity contribution >= 4 is 41.5 Å². The summed E-state index contributed by atoms with van der Waals surface area (Å²) in [6, 6.07) is 7.79. The number of anilines is 1. The number of hydrogen-bond donors (Lipinski definition) is 2. The number of rotatable bonds is 5. The Hall–Kier alpha value is -1.31. The van der Waals surface area contributed by atoms with E-state index >= 15 is 0 Å². The molecule has 1 heterocycles. The number of carbonyl (C=O) groups excluding carboxylic acids is 1. The zero-order valence-corrected chi connectivity index (χ0v) is 16.1. The lowest BCUT2D eigenvalue weighted by atomic mass is 10.1. The Balaban J connectivity index is 0.00000264. The Bertz CT molecular complexity index is 527. The molecule has 0 atom stereocenters. The van der Waals surface area contributed by atoms with Crippen LogP contribution in [0.3, 0.4) is 0 Å². The maximum Gasteiger partial charge on any atom is 0.224 e. The molecule has 1 fully saturated rings. The largest absolute Gasteiger partial charge is 0.370 e. The molecule has 1 aliphatic rings. The van der Waals surface area contributed by atoms with Crippen LogP contribution < -0.4 is 11.1 Å². The molecule has 0 spiro atoms. The smallest absolute Gasteiger partial charge is 0.224 e. The molecular weight excluding hydrogens is 403 g/mol. The maximum absolute atomic E-state index is 11.6. The SMILES string of the molecule is CCCC(=O)Nc1cccc(CN=C(N)N2CCCCC2)c1.I. The highest BCUT2D eigenvalue weighted by atomic mass is 127. The molecule has 1 aliphatic heterocycles. The van der Waals surface area contributed by atoms with Crippen LogP contribution in [-0.4, -0.2) is 29.9 Å². The van der Waals surface area contributed by atoms with Gasteiger partial charge in [0, 0.05) is 25.2 Å². The van der Waals surface area contributed by atoms with Crippen molar-refractivity contribution in [1.29, 1.82) is 0 Å². The molecule has 128 valence electrons. The first kappa shape index (κ1) is 19.7. The number of nitrogens with two attached hydrogens (primary N) is 1. The van der Waals surface area contributed by atoms with Crippen LogP contribution in [0, 0.1) is 0 Å². The van der Waals surface area contributed by atoms with Crippen LogP contribution in [0.4, 0.5) is 5.69 Å². The van der Waals surface area contributed by atoms with Crippen LogP contribution in [-0.2, 0) is 11.3 Å². The van der Waals surface area contributed by atoms with E-state index in [1.807, 2.05) is 31.2 Å². The van der Waals surface area contributed by atoms with Gasteiger partial charge in [0.25, 0.3) is 0 Å². The van der Waals surface area contributed by atoms with Crippen LogP contribution in [0.2, 0.25) is 0 Å². The van der Waals surface area contributed by atoms with E-state index in [1.54, 1.807) is 0 Å². The fourth-order valence-corrected chi connectivity index (χ4v) is 2.59. The first-order valence-electron chi connectivity index (χ1n) is 8.12. The number of carbonyl (C=O) groups is 1. The molecule has 1 saturated heterocycles. The third-order valence-electron chi connectivity index (χ3n) is 3.79. The van der Waals surface area contributed by atoms with Gasteiger partial charge in [-0.3, -0.25) is 4.79 Å². The first-order valence-corrected chi connectivity index (χ1v) is 8.12. The van der Waals surface area contributed by atoms with Crippen molar-refractivity contribution in [2.24, 2.45) is 10.7 Å². The van der Waals surface area contributed by atoms with E-state index in [1.165, 1.54) is 19.3 Å². The van der Waals surface area contributed by atoms with Crippen LogP contribution in [0.15, 0.2) is 29.3 Å². The normalized spacial score (nSPS) is 15.0. The number of aliphatic imine (C=N–C) groups is 1. The Labute approximate surface area is 155 Å². The third kappa shape index (κ3) is 6.76. The number of nitrogens with one attached hydrogen (secondary N) is 1. The topological polar surface area (TPSA) is 70.7 Å². The standard InChI is InChI=1S/C17H26N4O.HI/c1-2-7-16(22)20-15-9-6-8-14(12-15)13-19-17(18)21-10-4-3-5-11-21;/h6,8-9,12H,2-5,7,10-11,13H2,1H3,(H2,18,19)(H,20,22);1H. The molecule has 0 bridgehead atoms. The second kappa shape index (κ2) is 10.5. The molecule has 5 nitrogen and oxygen atoms in total. The van der Waals surface area contributed by atoms with Crippen molar-refractivity contribution in [3.8, 4) is 0 Å². The van der Waals surface area contributed by atoms with Crippen molar-refractivity contribution < 1.29 is 4.79 Å². The molecule has 0 aromatic heterocycles. The lowest BCUT2D eigenvalue weighted by Gasteiger charge is -2.27. The zero-order valence-electron chi connectivity index (χ0n) is 13.8. The number of nitrogens with zero attached hydrogens (tertiary/aromatic N) is 2.